The molecule has 2 aromatic rings. The van der Waals surface area contributed by atoms with E-state index in [1.165, 1.54) is 7.11 Å². The van der Waals surface area contributed by atoms with Gasteiger partial charge >= 0.3 is 12.1 Å². The van der Waals surface area contributed by atoms with Crippen LogP contribution >= 0.6 is 0 Å². The molecule has 1 aliphatic rings. The Morgan fingerprint density at radius 1 is 1.00 bits per heavy atom. The molecule has 1 amide bonds. The van der Waals surface area contributed by atoms with Crippen LogP contribution in [0, 0.1) is 0 Å². The molecular formula is C23H27NO5. The van der Waals surface area contributed by atoms with Crippen molar-refractivity contribution in [2.45, 2.75) is 38.3 Å². The van der Waals surface area contributed by atoms with Crippen molar-refractivity contribution in [3.63, 3.8) is 0 Å². The van der Waals surface area contributed by atoms with E-state index in [1.807, 2.05) is 45.0 Å². The van der Waals surface area contributed by atoms with Gasteiger partial charge in [-0.1, -0.05) is 48.5 Å². The van der Waals surface area contributed by atoms with Crippen molar-refractivity contribution in [3.05, 3.63) is 59.7 Å². The standard InChI is InChI=1S/C23H27NO5/c1-23(2,3)29-14-20(21(25)27-4)24-22(26)28-13-19-17-11-7-5-9-15(17)16-10-6-8-12-18(16)19/h5-12,19-20H,13-14H2,1-4H3,(H,24,26)/t20-/m0/s1. The number of hydrogen-bond acceptors (Lipinski definition) is 5. The molecule has 29 heavy (non-hydrogen) atoms. The molecule has 154 valence electrons. The fourth-order valence-electron chi connectivity index (χ4n) is 3.43. The number of methoxy groups -OCH3 is 1. The van der Waals surface area contributed by atoms with Gasteiger partial charge in [-0.15, -0.1) is 0 Å². The Hall–Kier alpha value is -2.86. The van der Waals surface area contributed by atoms with Crippen LogP contribution in [0.3, 0.4) is 0 Å². The summed E-state index contributed by atoms with van der Waals surface area (Å²) in [6.07, 6.45) is -0.681. The Balaban J connectivity index is 1.66. The highest BCUT2D eigenvalue weighted by Gasteiger charge is 2.30. The number of rotatable bonds is 6. The van der Waals surface area contributed by atoms with Gasteiger partial charge in [0.05, 0.1) is 19.3 Å². The number of nitrogens with one attached hydrogen (secondary N) is 1. The first-order valence-corrected chi connectivity index (χ1v) is 9.63. The second-order valence-corrected chi connectivity index (χ2v) is 7.97. The highest BCUT2D eigenvalue weighted by atomic mass is 16.6. The van der Waals surface area contributed by atoms with E-state index in [4.69, 9.17) is 14.2 Å². The second-order valence-electron chi connectivity index (χ2n) is 7.97. The van der Waals surface area contributed by atoms with Gasteiger partial charge in [-0.3, -0.25) is 0 Å². The molecule has 1 aliphatic carbocycles. The van der Waals surface area contributed by atoms with Gasteiger partial charge in [0.1, 0.15) is 6.61 Å². The molecule has 0 saturated heterocycles. The molecule has 0 spiro atoms. The number of ether oxygens (including phenoxy) is 3. The number of alkyl carbamates (subject to hydrolysis) is 1. The van der Waals surface area contributed by atoms with Crippen LogP contribution in [0.15, 0.2) is 48.5 Å². The highest BCUT2D eigenvalue weighted by Crippen LogP contribution is 2.44. The van der Waals surface area contributed by atoms with Crippen LogP contribution in [0.1, 0.15) is 37.8 Å². The van der Waals surface area contributed by atoms with Crippen LogP contribution in [-0.4, -0.2) is 44.0 Å². The van der Waals surface area contributed by atoms with E-state index < -0.39 is 23.7 Å². The molecule has 0 aliphatic heterocycles. The molecule has 0 unspecified atom stereocenters. The molecule has 0 fully saturated rings. The van der Waals surface area contributed by atoms with Crippen molar-refractivity contribution in [1.82, 2.24) is 5.32 Å². The lowest BCUT2D eigenvalue weighted by Gasteiger charge is -2.24. The molecule has 0 aromatic heterocycles. The molecule has 1 N–H and O–H groups in total. The molecule has 6 nitrogen and oxygen atoms in total. The zero-order valence-corrected chi connectivity index (χ0v) is 17.2. The van der Waals surface area contributed by atoms with Crippen LogP contribution in [0.4, 0.5) is 4.79 Å². The summed E-state index contributed by atoms with van der Waals surface area (Å²) in [5.74, 6) is -0.627. The Kier molecular flexibility index (Phi) is 6.23. The van der Waals surface area contributed by atoms with Crippen LogP contribution < -0.4 is 5.32 Å². The number of hydrogen-bond donors (Lipinski definition) is 1. The minimum Gasteiger partial charge on any atom is -0.467 e. The summed E-state index contributed by atoms with van der Waals surface area (Å²) in [6.45, 7) is 5.78. The predicted octanol–water partition coefficient (Wildman–Crippen LogP) is 3.88. The van der Waals surface area contributed by atoms with Crippen molar-refractivity contribution >= 4 is 12.1 Å². The zero-order chi connectivity index (χ0) is 21.0. The summed E-state index contributed by atoms with van der Waals surface area (Å²) < 4.78 is 15.9. The van der Waals surface area contributed by atoms with Crippen molar-refractivity contribution in [2.24, 2.45) is 0 Å². The van der Waals surface area contributed by atoms with E-state index in [9.17, 15) is 9.59 Å². The number of esters is 1. The molecule has 1 atom stereocenters. The van der Waals surface area contributed by atoms with E-state index in [0.29, 0.717) is 0 Å². The lowest BCUT2D eigenvalue weighted by molar-refractivity contribution is -0.146. The third kappa shape index (κ3) is 4.95. The summed E-state index contributed by atoms with van der Waals surface area (Å²) in [6, 6.07) is 15.3. The maximum absolute atomic E-state index is 12.4. The van der Waals surface area contributed by atoms with E-state index in [2.05, 4.69) is 29.6 Å². The minimum atomic E-state index is -0.935. The van der Waals surface area contributed by atoms with Crippen molar-refractivity contribution < 1.29 is 23.8 Å². The monoisotopic (exact) mass is 397 g/mol. The molecule has 3 rings (SSSR count). The average molecular weight is 397 g/mol. The topological polar surface area (TPSA) is 73.9 Å². The Labute approximate surface area is 171 Å². The fraction of sp³-hybridized carbons (Fsp3) is 0.391. The van der Waals surface area contributed by atoms with Crippen molar-refractivity contribution in [1.29, 1.82) is 0 Å². The summed E-state index contributed by atoms with van der Waals surface area (Å²) in [5, 5.41) is 2.55. The van der Waals surface area contributed by atoms with E-state index in [1.54, 1.807) is 0 Å². The van der Waals surface area contributed by atoms with Crippen LogP contribution in [0.5, 0.6) is 0 Å². The van der Waals surface area contributed by atoms with Gasteiger partial charge in [-0.05, 0) is 43.0 Å². The first-order valence-electron chi connectivity index (χ1n) is 9.63. The quantitative estimate of drug-likeness (QED) is 0.749. The summed E-state index contributed by atoms with van der Waals surface area (Å²) >= 11 is 0. The molecule has 0 saturated carbocycles. The van der Waals surface area contributed by atoms with E-state index in [-0.39, 0.29) is 19.1 Å². The van der Waals surface area contributed by atoms with Gasteiger partial charge in [0.25, 0.3) is 0 Å². The lowest BCUT2D eigenvalue weighted by atomic mass is 9.98. The van der Waals surface area contributed by atoms with Crippen molar-refractivity contribution in [3.8, 4) is 11.1 Å². The largest absolute Gasteiger partial charge is 0.467 e. The molecule has 2 aromatic carbocycles. The molecule has 0 bridgehead atoms. The third-order valence-corrected chi connectivity index (χ3v) is 4.80. The average Bonchev–Trinajstić information content (AvgIpc) is 3.02. The normalized spacial score (nSPS) is 13.9. The summed E-state index contributed by atoms with van der Waals surface area (Å²) in [5.41, 5.74) is 4.12. The van der Waals surface area contributed by atoms with E-state index >= 15 is 0 Å². The first-order chi connectivity index (χ1) is 13.8. The van der Waals surface area contributed by atoms with Gasteiger partial charge in [0.2, 0.25) is 0 Å². The van der Waals surface area contributed by atoms with Gasteiger partial charge in [0, 0.05) is 5.92 Å². The maximum atomic E-state index is 12.4. The minimum absolute atomic E-state index is 0.000366. The Morgan fingerprint density at radius 2 is 1.55 bits per heavy atom. The van der Waals surface area contributed by atoms with Gasteiger partial charge in [-0.2, -0.15) is 0 Å². The summed E-state index contributed by atoms with van der Waals surface area (Å²) in [4.78, 5) is 24.4. The van der Waals surface area contributed by atoms with Gasteiger partial charge in [0.15, 0.2) is 6.04 Å². The highest BCUT2D eigenvalue weighted by molar-refractivity contribution is 5.82. The smallest absolute Gasteiger partial charge is 0.407 e. The number of fused-ring (bicyclic) bond motifs is 3. The number of carbonyl (C=O) groups excluding carboxylic acids is 2. The van der Waals surface area contributed by atoms with Crippen LogP contribution in [0.25, 0.3) is 11.1 Å². The van der Waals surface area contributed by atoms with Gasteiger partial charge < -0.3 is 19.5 Å². The number of amides is 1. The SMILES string of the molecule is COC(=O)[C@H](COC(C)(C)C)NC(=O)OCC1c2ccccc2-c2ccccc21. The van der Waals surface area contributed by atoms with Crippen LogP contribution in [0.2, 0.25) is 0 Å². The molecule has 0 radical (unpaired) electrons. The Morgan fingerprint density at radius 3 is 2.07 bits per heavy atom. The Bertz CT molecular complexity index is 841. The zero-order valence-electron chi connectivity index (χ0n) is 17.2. The number of carbonyl (C=O) groups is 2. The van der Waals surface area contributed by atoms with Crippen LogP contribution in [-0.2, 0) is 19.0 Å². The summed E-state index contributed by atoms with van der Waals surface area (Å²) in [7, 11) is 1.27. The van der Waals surface area contributed by atoms with Gasteiger partial charge in [-0.25, -0.2) is 9.59 Å². The van der Waals surface area contributed by atoms with E-state index in [0.717, 1.165) is 22.3 Å². The molecule has 0 heterocycles. The second kappa shape index (κ2) is 8.66. The first kappa shape index (κ1) is 20.9. The lowest BCUT2D eigenvalue weighted by Crippen LogP contribution is -2.46. The third-order valence-electron chi connectivity index (χ3n) is 4.80. The predicted molar refractivity (Wildman–Crippen MR) is 110 cm³/mol. The van der Waals surface area contributed by atoms with Crippen molar-refractivity contribution in [2.75, 3.05) is 20.3 Å². The number of benzene rings is 2. The maximum Gasteiger partial charge on any atom is 0.407 e. The molecule has 6 heteroatoms. The fourth-order valence-corrected chi connectivity index (χ4v) is 3.43. The molecular weight excluding hydrogens is 370 g/mol.